The Hall–Kier alpha value is -1.97. The molecule has 1 aromatic carbocycles. The summed E-state index contributed by atoms with van der Waals surface area (Å²) in [6.07, 6.45) is 2.49. The van der Waals surface area contributed by atoms with Crippen LogP contribution >= 0.6 is 0 Å². The van der Waals surface area contributed by atoms with Gasteiger partial charge in [-0.25, -0.2) is 13.1 Å². The lowest BCUT2D eigenvalue weighted by molar-refractivity contribution is -0.129. The first kappa shape index (κ1) is 20.8. The summed E-state index contributed by atoms with van der Waals surface area (Å²) in [7, 11) is -0.130. The van der Waals surface area contributed by atoms with Crippen molar-refractivity contribution in [2.75, 3.05) is 46.8 Å². The number of benzene rings is 1. The van der Waals surface area contributed by atoms with Crippen LogP contribution < -0.4 is 4.72 Å². The van der Waals surface area contributed by atoms with Gasteiger partial charge in [-0.2, -0.15) is 0 Å². The molecule has 3 rings (SSSR count). The van der Waals surface area contributed by atoms with E-state index >= 15 is 0 Å². The van der Waals surface area contributed by atoms with Gasteiger partial charge >= 0.3 is 0 Å². The SMILES string of the molecule is CN(C)C(=O)CN1CCCN(C(=O)c2cccc(S(=O)(=O)NC3CC3)c2)CC1. The van der Waals surface area contributed by atoms with Crippen molar-refractivity contribution in [2.45, 2.75) is 30.2 Å². The van der Waals surface area contributed by atoms with Gasteiger partial charge in [-0.15, -0.1) is 0 Å². The van der Waals surface area contributed by atoms with Crippen molar-refractivity contribution in [3.8, 4) is 0 Å². The van der Waals surface area contributed by atoms with Gasteiger partial charge in [0.1, 0.15) is 0 Å². The maximum atomic E-state index is 12.9. The summed E-state index contributed by atoms with van der Waals surface area (Å²) in [5.74, 6) is -0.134. The first-order chi connectivity index (χ1) is 13.3. The van der Waals surface area contributed by atoms with E-state index in [-0.39, 0.29) is 22.8 Å². The number of carbonyl (C=O) groups excluding carboxylic acids is 2. The van der Waals surface area contributed by atoms with Crippen molar-refractivity contribution in [3.63, 3.8) is 0 Å². The third kappa shape index (κ3) is 5.30. The molecule has 0 unspecified atom stereocenters. The van der Waals surface area contributed by atoms with Crippen LogP contribution in [0.3, 0.4) is 0 Å². The number of sulfonamides is 1. The van der Waals surface area contributed by atoms with Crippen LogP contribution in [0.15, 0.2) is 29.2 Å². The topological polar surface area (TPSA) is 90.0 Å². The molecular weight excluding hydrogens is 380 g/mol. The van der Waals surface area contributed by atoms with E-state index in [1.54, 1.807) is 36.0 Å². The summed E-state index contributed by atoms with van der Waals surface area (Å²) >= 11 is 0. The van der Waals surface area contributed by atoms with Gasteiger partial charge in [-0.1, -0.05) is 6.07 Å². The predicted molar refractivity (Wildman–Crippen MR) is 105 cm³/mol. The van der Waals surface area contributed by atoms with Crippen molar-refractivity contribution >= 4 is 21.8 Å². The number of carbonyl (C=O) groups is 2. The van der Waals surface area contributed by atoms with Gasteiger partial charge in [0.25, 0.3) is 5.91 Å². The van der Waals surface area contributed by atoms with Gasteiger partial charge in [-0.05, 0) is 37.5 Å². The normalized spacial score (nSPS) is 18.6. The molecule has 1 aromatic rings. The van der Waals surface area contributed by atoms with E-state index in [0.29, 0.717) is 31.7 Å². The highest BCUT2D eigenvalue weighted by Gasteiger charge is 2.29. The Bertz CT molecular complexity index is 836. The van der Waals surface area contributed by atoms with Crippen molar-refractivity contribution < 1.29 is 18.0 Å². The zero-order valence-corrected chi connectivity index (χ0v) is 17.2. The quantitative estimate of drug-likeness (QED) is 0.734. The fourth-order valence-corrected chi connectivity index (χ4v) is 4.48. The average Bonchev–Trinajstić information content (AvgIpc) is 3.48. The van der Waals surface area contributed by atoms with Crippen LogP contribution in [0.5, 0.6) is 0 Å². The average molecular weight is 409 g/mol. The van der Waals surface area contributed by atoms with Crippen LogP contribution in [0.4, 0.5) is 0 Å². The van der Waals surface area contributed by atoms with Gasteiger partial charge < -0.3 is 9.80 Å². The van der Waals surface area contributed by atoms with Crippen molar-refractivity contribution in [3.05, 3.63) is 29.8 Å². The number of likely N-dealkylation sites (N-methyl/N-ethyl adjacent to an activating group) is 1. The molecule has 9 heteroatoms. The van der Waals surface area contributed by atoms with E-state index in [2.05, 4.69) is 9.62 Å². The highest BCUT2D eigenvalue weighted by Crippen LogP contribution is 2.23. The third-order valence-corrected chi connectivity index (χ3v) is 6.54. The monoisotopic (exact) mass is 408 g/mol. The lowest BCUT2D eigenvalue weighted by Crippen LogP contribution is -2.39. The molecule has 1 N–H and O–H groups in total. The Balaban J connectivity index is 1.65. The minimum Gasteiger partial charge on any atom is -0.348 e. The first-order valence-corrected chi connectivity index (χ1v) is 11.1. The van der Waals surface area contributed by atoms with Gasteiger partial charge in [-0.3, -0.25) is 14.5 Å². The summed E-state index contributed by atoms with van der Waals surface area (Å²) in [5.41, 5.74) is 0.372. The van der Waals surface area contributed by atoms with Crippen molar-refractivity contribution in [2.24, 2.45) is 0 Å². The minimum atomic E-state index is -3.59. The van der Waals surface area contributed by atoms with Crippen LogP contribution in [-0.4, -0.2) is 87.8 Å². The molecule has 1 saturated carbocycles. The summed E-state index contributed by atoms with van der Waals surface area (Å²) < 4.78 is 27.5. The van der Waals surface area contributed by atoms with Crippen molar-refractivity contribution in [1.82, 2.24) is 19.4 Å². The highest BCUT2D eigenvalue weighted by molar-refractivity contribution is 7.89. The van der Waals surface area contributed by atoms with Crippen LogP contribution in [0.1, 0.15) is 29.6 Å². The van der Waals surface area contributed by atoms with Gasteiger partial charge in [0.15, 0.2) is 0 Å². The largest absolute Gasteiger partial charge is 0.348 e. The lowest BCUT2D eigenvalue weighted by atomic mass is 10.2. The molecule has 1 aliphatic carbocycles. The summed E-state index contributed by atoms with van der Waals surface area (Å²) in [5, 5.41) is 0. The standard InChI is InChI=1S/C19H28N4O4S/c1-21(2)18(24)14-22-9-4-10-23(12-11-22)19(25)15-5-3-6-17(13-15)28(26,27)20-16-7-8-16/h3,5-6,13,16,20H,4,7-12,14H2,1-2H3. The molecule has 0 atom stereocenters. The number of nitrogens with one attached hydrogen (secondary N) is 1. The number of amides is 2. The number of nitrogens with zero attached hydrogens (tertiary/aromatic N) is 3. The summed E-state index contributed by atoms with van der Waals surface area (Å²) in [6, 6.07) is 6.24. The molecule has 2 aliphatic rings. The Morgan fingerprint density at radius 2 is 1.89 bits per heavy atom. The molecule has 28 heavy (non-hydrogen) atoms. The maximum Gasteiger partial charge on any atom is 0.253 e. The molecule has 8 nitrogen and oxygen atoms in total. The number of hydrogen-bond donors (Lipinski definition) is 1. The third-order valence-electron chi connectivity index (χ3n) is 5.02. The number of hydrogen-bond acceptors (Lipinski definition) is 5. The molecule has 0 spiro atoms. The van der Waals surface area contributed by atoms with Crippen LogP contribution in [0.25, 0.3) is 0 Å². The highest BCUT2D eigenvalue weighted by atomic mass is 32.2. The van der Waals surface area contributed by atoms with Crippen LogP contribution in [0.2, 0.25) is 0 Å². The van der Waals surface area contributed by atoms with Crippen molar-refractivity contribution in [1.29, 1.82) is 0 Å². The molecule has 0 radical (unpaired) electrons. The van der Waals surface area contributed by atoms with Crippen LogP contribution in [-0.2, 0) is 14.8 Å². The molecule has 2 fully saturated rings. The molecule has 0 aromatic heterocycles. The Kier molecular flexibility index (Phi) is 6.36. The smallest absolute Gasteiger partial charge is 0.253 e. The first-order valence-electron chi connectivity index (χ1n) is 9.60. The summed E-state index contributed by atoms with van der Waals surface area (Å²) in [4.78, 5) is 30.3. The molecule has 2 amide bonds. The van der Waals surface area contributed by atoms with Crippen LogP contribution in [0, 0.1) is 0 Å². The molecule has 1 saturated heterocycles. The molecule has 0 bridgehead atoms. The van der Waals surface area contributed by atoms with Gasteiger partial charge in [0.2, 0.25) is 15.9 Å². The molecule has 1 heterocycles. The van der Waals surface area contributed by atoms with E-state index in [1.807, 2.05) is 0 Å². The molecule has 154 valence electrons. The molecule has 1 aliphatic heterocycles. The summed E-state index contributed by atoms with van der Waals surface area (Å²) in [6.45, 7) is 2.81. The van der Waals surface area contributed by atoms with Gasteiger partial charge in [0, 0.05) is 51.9 Å². The zero-order chi connectivity index (χ0) is 20.3. The number of rotatable bonds is 6. The zero-order valence-electron chi connectivity index (χ0n) is 16.4. The van der Waals surface area contributed by atoms with E-state index in [0.717, 1.165) is 25.8 Å². The second-order valence-electron chi connectivity index (χ2n) is 7.63. The van der Waals surface area contributed by atoms with E-state index in [1.165, 1.54) is 12.1 Å². The lowest BCUT2D eigenvalue weighted by Gasteiger charge is -2.23. The fourth-order valence-electron chi connectivity index (χ4n) is 3.13. The Morgan fingerprint density at radius 1 is 1.14 bits per heavy atom. The van der Waals surface area contributed by atoms with Gasteiger partial charge in [0.05, 0.1) is 11.4 Å². The minimum absolute atomic E-state index is 0.0193. The second-order valence-corrected chi connectivity index (χ2v) is 9.35. The Morgan fingerprint density at radius 3 is 2.57 bits per heavy atom. The fraction of sp³-hybridized carbons (Fsp3) is 0.579. The maximum absolute atomic E-state index is 12.9. The van der Waals surface area contributed by atoms with E-state index in [4.69, 9.17) is 0 Å². The van der Waals surface area contributed by atoms with E-state index < -0.39 is 10.0 Å². The molecular formula is C19H28N4O4S. The predicted octanol–water partition coefficient (Wildman–Crippen LogP) is 0.363. The second kappa shape index (κ2) is 8.59. The van der Waals surface area contributed by atoms with E-state index in [9.17, 15) is 18.0 Å². The Labute approximate surface area is 166 Å².